The summed E-state index contributed by atoms with van der Waals surface area (Å²) in [5, 5.41) is 13.9. The van der Waals surface area contributed by atoms with Gasteiger partial charge in [-0.2, -0.15) is 0 Å². The fourth-order valence-electron chi connectivity index (χ4n) is 1.93. The number of hydrogen-bond donors (Lipinski definition) is 2. The Morgan fingerprint density at radius 1 is 1.40 bits per heavy atom. The first-order valence-corrected chi connectivity index (χ1v) is 7.49. The molecule has 0 aliphatic heterocycles. The molecule has 2 rings (SSSR count). The highest BCUT2D eigenvalue weighted by Gasteiger charge is 2.15. The summed E-state index contributed by atoms with van der Waals surface area (Å²) in [4.78, 5) is 19.5. The van der Waals surface area contributed by atoms with Crippen LogP contribution in [0, 0.1) is 0 Å². The predicted molar refractivity (Wildman–Crippen MR) is 80.0 cm³/mol. The number of benzene rings is 1. The molecule has 0 fully saturated rings. The van der Waals surface area contributed by atoms with Crippen LogP contribution < -0.4 is 5.32 Å². The Balaban J connectivity index is 2.01. The first-order chi connectivity index (χ1) is 9.72. The van der Waals surface area contributed by atoms with Gasteiger partial charge in [0, 0.05) is 11.1 Å². The number of carboxylic acids is 1. The summed E-state index contributed by atoms with van der Waals surface area (Å²) >= 11 is 1.57. The molecule has 0 spiro atoms. The number of hydrogen-bond acceptors (Lipinski definition) is 5. The molecule has 0 radical (unpaired) electrons. The Kier molecular flexibility index (Phi) is 5.31. The van der Waals surface area contributed by atoms with Crippen LogP contribution in [0.2, 0.25) is 0 Å². The minimum atomic E-state index is -0.806. The zero-order chi connectivity index (χ0) is 14.4. The molecule has 2 N–H and O–H groups in total. The van der Waals surface area contributed by atoms with Crippen LogP contribution in [-0.4, -0.2) is 39.4 Å². The molecule has 0 aliphatic carbocycles. The third kappa shape index (κ3) is 3.68. The Morgan fingerprint density at radius 2 is 2.20 bits per heavy atom. The summed E-state index contributed by atoms with van der Waals surface area (Å²) < 4.78 is 0. The van der Waals surface area contributed by atoms with E-state index in [0.717, 1.165) is 15.9 Å². The van der Waals surface area contributed by atoms with Crippen molar-refractivity contribution in [3.05, 3.63) is 30.6 Å². The van der Waals surface area contributed by atoms with Gasteiger partial charge in [-0.25, -0.2) is 9.97 Å². The summed E-state index contributed by atoms with van der Waals surface area (Å²) in [6.07, 6.45) is 2.11. The lowest BCUT2D eigenvalue weighted by molar-refractivity contribution is -0.139. The molecule has 1 atom stereocenters. The number of aromatic nitrogens is 2. The normalized spacial score (nSPS) is 12.4. The summed E-state index contributed by atoms with van der Waals surface area (Å²) in [7, 11) is 0. The van der Waals surface area contributed by atoms with Crippen molar-refractivity contribution in [1.29, 1.82) is 0 Å². The van der Waals surface area contributed by atoms with E-state index in [2.05, 4.69) is 15.3 Å². The number of nitrogens with zero attached hydrogens (tertiary/aromatic N) is 2. The number of para-hydroxylation sites is 1. The van der Waals surface area contributed by atoms with Crippen LogP contribution in [0.1, 0.15) is 13.3 Å². The lowest BCUT2D eigenvalue weighted by Gasteiger charge is -2.12. The van der Waals surface area contributed by atoms with Gasteiger partial charge in [-0.3, -0.25) is 4.79 Å². The smallest absolute Gasteiger partial charge is 0.320 e. The lowest BCUT2D eigenvalue weighted by atomic mass is 10.2. The molecule has 20 heavy (non-hydrogen) atoms. The summed E-state index contributed by atoms with van der Waals surface area (Å²) in [5.74, 6) is -0.106. The molecule has 0 aliphatic rings. The molecule has 0 bridgehead atoms. The molecule has 6 heteroatoms. The molecule has 2 aromatic rings. The van der Waals surface area contributed by atoms with Gasteiger partial charge in [0.15, 0.2) is 0 Å². The van der Waals surface area contributed by atoms with E-state index in [1.54, 1.807) is 18.1 Å². The van der Waals surface area contributed by atoms with Gasteiger partial charge in [-0.05, 0) is 19.0 Å². The van der Waals surface area contributed by atoms with Gasteiger partial charge >= 0.3 is 5.97 Å². The van der Waals surface area contributed by atoms with Crippen LogP contribution in [0.5, 0.6) is 0 Å². The Morgan fingerprint density at radius 3 is 2.95 bits per heavy atom. The molecular weight excluding hydrogens is 274 g/mol. The molecular formula is C14H17N3O2S. The zero-order valence-corrected chi connectivity index (χ0v) is 12.1. The Hall–Kier alpha value is -1.66. The quantitative estimate of drug-likeness (QED) is 0.601. The minimum absolute atomic E-state index is 0.499. The maximum atomic E-state index is 11.0. The monoisotopic (exact) mass is 291 g/mol. The van der Waals surface area contributed by atoms with Crippen molar-refractivity contribution in [3.63, 3.8) is 0 Å². The van der Waals surface area contributed by atoms with E-state index >= 15 is 0 Å². The van der Waals surface area contributed by atoms with E-state index in [-0.39, 0.29) is 0 Å². The largest absolute Gasteiger partial charge is 0.480 e. The fourth-order valence-corrected chi connectivity index (χ4v) is 2.92. The van der Waals surface area contributed by atoms with Crippen LogP contribution in [0.15, 0.2) is 35.6 Å². The second kappa shape index (κ2) is 7.21. The molecule has 1 aromatic carbocycles. The molecule has 0 amide bonds. The predicted octanol–water partition coefficient (Wildman–Crippen LogP) is 2.17. The highest BCUT2D eigenvalue weighted by molar-refractivity contribution is 7.99. The van der Waals surface area contributed by atoms with E-state index in [0.29, 0.717) is 18.7 Å². The van der Waals surface area contributed by atoms with Crippen LogP contribution in [0.25, 0.3) is 10.9 Å². The van der Waals surface area contributed by atoms with Crippen molar-refractivity contribution >= 4 is 28.6 Å². The van der Waals surface area contributed by atoms with Crippen LogP contribution in [-0.2, 0) is 4.79 Å². The Labute approximate surface area is 121 Å². The number of aliphatic carboxylic acids is 1. The van der Waals surface area contributed by atoms with Gasteiger partial charge in [0.25, 0.3) is 0 Å². The second-order valence-corrected chi connectivity index (χ2v) is 5.37. The standard InChI is InChI=1S/C14H17N3O2S/c1-2-15-12(14(18)19)7-8-20-13-10-5-3-4-6-11(10)16-9-17-13/h3-6,9,12,15H,2,7-8H2,1H3,(H,18,19). The number of nitrogens with one attached hydrogen (secondary N) is 1. The number of thioether (sulfide) groups is 1. The van der Waals surface area contributed by atoms with Crippen LogP contribution >= 0.6 is 11.8 Å². The molecule has 106 valence electrons. The van der Waals surface area contributed by atoms with Crippen molar-refractivity contribution in [2.75, 3.05) is 12.3 Å². The van der Waals surface area contributed by atoms with Gasteiger partial charge < -0.3 is 10.4 Å². The number of carbonyl (C=O) groups is 1. The van der Waals surface area contributed by atoms with E-state index in [1.807, 2.05) is 31.2 Å². The summed E-state index contributed by atoms with van der Waals surface area (Å²) in [6, 6.07) is 7.32. The van der Waals surface area contributed by atoms with Crippen molar-refractivity contribution in [3.8, 4) is 0 Å². The second-order valence-electron chi connectivity index (χ2n) is 4.28. The molecule has 0 saturated carbocycles. The molecule has 1 heterocycles. The van der Waals surface area contributed by atoms with Crippen molar-refractivity contribution in [2.24, 2.45) is 0 Å². The van der Waals surface area contributed by atoms with E-state index in [1.165, 1.54) is 0 Å². The van der Waals surface area contributed by atoms with E-state index in [4.69, 9.17) is 5.11 Å². The van der Waals surface area contributed by atoms with Gasteiger partial charge in [0.1, 0.15) is 17.4 Å². The molecule has 0 saturated heterocycles. The summed E-state index contributed by atoms with van der Waals surface area (Å²) in [6.45, 7) is 2.55. The lowest BCUT2D eigenvalue weighted by Crippen LogP contribution is -2.36. The van der Waals surface area contributed by atoms with Gasteiger partial charge in [-0.1, -0.05) is 25.1 Å². The minimum Gasteiger partial charge on any atom is -0.480 e. The highest BCUT2D eigenvalue weighted by atomic mass is 32.2. The maximum absolute atomic E-state index is 11.0. The maximum Gasteiger partial charge on any atom is 0.320 e. The third-order valence-electron chi connectivity index (χ3n) is 2.90. The van der Waals surface area contributed by atoms with E-state index < -0.39 is 12.0 Å². The van der Waals surface area contributed by atoms with Gasteiger partial charge in [0.2, 0.25) is 0 Å². The van der Waals surface area contributed by atoms with Crippen LogP contribution in [0.3, 0.4) is 0 Å². The first kappa shape index (κ1) is 14.7. The van der Waals surface area contributed by atoms with Crippen LogP contribution in [0.4, 0.5) is 0 Å². The van der Waals surface area contributed by atoms with Crippen molar-refractivity contribution < 1.29 is 9.90 Å². The average Bonchev–Trinajstić information content (AvgIpc) is 2.46. The van der Waals surface area contributed by atoms with Gasteiger partial charge in [0.05, 0.1) is 5.52 Å². The van der Waals surface area contributed by atoms with Gasteiger partial charge in [-0.15, -0.1) is 11.8 Å². The molecule has 5 nitrogen and oxygen atoms in total. The average molecular weight is 291 g/mol. The SMILES string of the molecule is CCNC(CCSc1ncnc2ccccc12)C(=O)O. The number of carboxylic acid groups (broad SMARTS) is 1. The topological polar surface area (TPSA) is 75.1 Å². The number of rotatable bonds is 7. The van der Waals surface area contributed by atoms with Crippen molar-refractivity contribution in [2.45, 2.75) is 24.4 Å². The fraction of sp³-hybridized carbons (Fsp3) is 0.357. The van der Waals surface area contributed by atoms with Crippen molar-refractivity contribution in [1.82, 2.24) is 15.3 Å². The third-order valence-corrected chi connectivity index (χ3v) is 3.94. The first-order valence-electron chi connectivity index (χ1n) is 6.51. The zero-order valence-electron chi connectivity index (χ0n) is 11.2. The molecule has 1 aromatic heterocycles. The Bertz CT molecular complexity index is 586. The summed E-state index contributed by atoms with van der Waals surface area (Å²) in [5.41, 5.74) is 0.909. The highest BCUT2D eigenvalue weighted by Crippen LogP contribution is 2.24. The molecule has 1 unspecified atom stereocenters. The van der Waals surface area contributed by atoms with E-state index in [9.17, 15) is 4.79 Å². The number of fused-ring (bicyclic) bond motifs is 1. The number of likely N-dealkylation sites (N-methyl/N-ethyl adjacent to an activating group) is 1.